The molecule has 0 atom stereocenters. The highest BCUT2D eigenvalue weighted by Crippen LogP contribution is 2.29. The molecule has 0 aliphatic heterocycles. The van der Waals surface area contributed by atoms with Crippen LogP contribution in [0.3, 0.4) is 0 Å². The third-order valence-electron chi connectivity index (χ3n) is 1.59. The lowest BCUT2D eigenvalue weighted by atomic mass is 10.3. The van der Waals surface area contributed by atoms with E-state index < -0.39 is 17.2 Å². The maximum atomic E-state index is 12.4. The first-order valence-electron chi connectivity index (χ1n) is 4.28. The molecule has 0 aliphatic carbocycles. The molecule has 16 heavy (non-hydrogen) atoms. The fraction of sp³-hybridized carbons (Fsp3) is 0.333. The second-order valence-electron chi connectivity index (χ2n) is 2.76. The molecule has 1 aromatic heterocycles. The topological polar surface area (TPSA) is 35.0 Å². The van der Waals surface area contributed by atoms with Gasteiger partial charge in [0.25, 0.3) is 0 Å². The van der Waals surface area contributed by atoms with Crippen molar-refractivity contribution in [2.75, 3.05) is 6.61 Å². The number of hydrogen-bond donors (Lipinski definition) is 0. The highest BCUT2D eigenvalue weighted by atomic mass is 35.5. The number of ether oxygens (including phenoxy) is 1. The molecule has 0 fully saturated rings. The van der Waals surface area contributed by atoms with Gasteiger partial charge >= 0.3 is 6.18 Å². The second-order valence-corrected chi connectivity index (χ2v) is 3.10. The summed E-state index contributed by atoms with van der Waals surface area (Å²) < 4.78 is 42.1. The van der Waals surface area contributed by atoms with Crippen molar-refractivity contribution in [2.24, 2.45) is 0 Å². The van der Waals surface area contributed by atoms with E-state index in [0.717, 1.165) is 6.07 Å². The first-order valence-corrected chi connectivity index (χ1v) is 4.66. The zero-order valence-electron chi connectivity index (χ0n) is 8.31. The van der Waals surface area contributed by atoms with Crippen molar-refractivity contribution in [1.29, 1.82) is 0 Å². The highest BCUT2D eigenvalue weighted by molar-refractivity contribution is 6.28. The molecule has 0 saturated carbocycles. The van der Waals surface area contributed by atoms with Gasteiger partial charge in [-0.25, -0.2) is 9.97 Å². The molecule has 0 N–H and O–H groups in total. The highest BCUT2D eigenvalue weighted by Gasteiger charge is 2.33. The lowest BCUT2D eigenvalue weighted by Crippen LogP contribution is -2.10. The van der Waals surface area contributed by atoms with Gasteiger partial charge in [0.15, 0.2) is 0 Å². The van der Waals surface area contributed by atoms with Crippen molar-refractivity contribution in [3.05, 3.63) is 29.3 Å². The predicted octanol–water partition coefficient (Wildman–Crippen LogP) is 3.16. The van der Waals surface area contributed by atoms with Gasteiger partial charge < -0.3 is 4.74 Å². The first kappa shape index (κ1) is 12.8. The quantitative estimate of drug-likeness (QED) is 0.612. The van der Waals surface area contributed by atoms with Crippen LogP contribution in [0, 0.1) is 0 Å². The molecular weight excluding hydrogens is 245 g/mol. The Morgan fingerprint density at radius 1 is 1.50 bits per heavy atom. The molecule has 7 heteroatoms. The monoisotopic (exact) mass is 252 g/mol. The summed E-state index contributed by atoms with van der Waals surface area (Å²) in [5, 5.41) is -0.495. The van der Waals surface area contributed by atoms with Crippen LogP contribution in [0.1, 0.15) is 18.3 Å². The standard InChI is InChI=1S/C9H8ClF3N2O/c1-3-16-5(2)6-4-7(9(11,12)13)15-8(10)14-6/h4H,2-3H2,1H3. The van der Waals surface area contributed by atoms with E-state index in [1.54, 1.807) is 6.92 Å². The summed E-state index contributed by atoms with van der Waals surface area (Å²) in [6, 6.07) is 0.740. The van der Waals surface area contributed by atoms with Gasteiger partial charge in [0.2, 0.25) is 5.28 Å². The molecule has 0 bridgehead atoms. The minimum atomic E-state index is -4.58. The SMILES string of the molecule is C=C(OCC)c1cc(C(F)(F)F)nc(Cl)n1. The van der Waals surface area contributed by atoms with Crippen molar-refractivity contribution in [1.82, 2.24) is 9.97 Å². The van der Waals surface area contributed by atoms with E-state index in [2.05, 4.69) is 16.5 Å². The van der Waals surface area contributed by atoms with Gasteiger partial charge in [0.05, 0.1) is 6.61 Å². The Balaban J connectivity index is 3.13. The number of alkyl halides is 3. The third-order valence-corrected chi connectivity index (χ3v) is 1.76. The summed E-state index contributed by atoms with van der Waals surface area (Å²) in [5.41, 5.74) is -1.20. The number of halogens is 4. The van der Waals surface area contributed by atoms with Crippen LogP contribution < -0.4 is 0 Å². The van der Waals surface area contributed by atoms with Gasteiger partial charge in [-0.05, 0) is 24.6 Å². The van der Waals surface area contributed by atoms with E-state index in [0.29, 0.717) is 0 Å². The Morgan fingerprint density at radius 2 is 2.12 bits per heavy atom. The van der Waals surface area contributed by atoms with Crippen LogP contribution in [0.2, 0.25) is 5.28 Å². The van der Waals surface area contributed by atoms with Crippen LogP contribution in [0.25, 0.3) is 5.76 Å². The first-order chi connectivity index (χ1) is 7.34. The lowest BCUT2D eigenvalue weighted by Gasteiger charge is -2.09. The summed E-state index contributed by atoms with van der Waals surface area (Å²) in [6.45, 7) is 5.40. The van der Waals surface area contributed by atoms with Crippen molar-refractivity contribution in [3.8, 4) is 0 Å². The van der Waals surface area contributed by atoms with E-state index in [-0.39, 0.29) is 18.1 Å². The molecule has 0 aromatic carbocycles. The van der Waals surface area contributed by atoms with Crippen molar-refractivity contribution in [2.45, 2.75) is 13.1 Å². The van der Waals surface area contributed by atoms with E-state index in [9.17, 15) is 13.2 Å². The molecule has 0 unspecified atom stereocenters. The summed E-state index contributed by atoms with van der Waals surface area (Å²) in [4.78, 5) is 6.68. The molecule has 0 amide bonds. The van der Waals surface area contributed by atoms with Crippen LogP contribution in [0.15, 0.2) is 12.6 Å². The van der Waals surface area contributed by atoms with Crippen LogP contribution in [0.5, 0.6) is 0 Å². The number of nitrogens with zero attached hydrogens (tertiary/aromatic N) is 2. The Morgan fingerprint density at radius 3 is 2.62 bits per heavy atom. The Labute approximate surface area is 94.9 Å². The van der Waals surface area contributed by atoms with Gasteiger partial charge in [-0.15, -0.1) is 0 Å². The van der Waals surface area contributed by atoms with Gasteiger partial charge in [-0.1, -0.05) is 6.58 Å². The Bertz CT molecular complexity index is 406. The second kappa shape index (κ2) is 4.69. The molecule has 0 aliphatic rings. The molecular formula is C9H8ClF3N2O. The molecule has 3 nitrogen and oxygen atoms in total. The molecule has 88 valence electrons. The normalized spacial score (nSPS) is 11.3. The Kier molecular flexibility index (Phi) is 3.74. The van der Waals surface area contributed by atoms with Gasteiger partial charge in [-0.3, -0.25) is 0 Å². The average Bonchev–Trinajstić information content (AvgIpc) is 2.16. The smallest absolute Gasteiger partial charge is 0.433 e. The molecule has 1 rings (SSSR count). The van der Waals surface area contributed by atoms with Gasteiger partial charge in [0.1, 0.15) is 17.1 Å². The van der Waals surface area contributed by atoms with Crippen LogP contribution in [-0.4, -0.2) is 16.6 Å². The van der Waals surface area contributed by atoms with E-state index in [1.165, 1.54) is 0 Å². The number of hydrogen-bond acceptors (Lipinski definition) is 3. The third kappa shape index (κ3) is 3.10. The molecule has 1 aromatic rings. The number of rotatable bonds is 3. The largest absolute Gasteiger partial charge is 0.492 e. The van der Waals surface area contributed by atoms with E-state index in [4.69, 9.17) is 16.3 Å². The summed E-state index contributed by atoms with van der Waals surface area (Å²) in [7, 11) is 0. The fourth-order valence-corrected chi connectivity index (χ4v) is 1.14. The fourth-order valence-electron chi connectivity index (χ4n) is 0.954. The van der Waals surface area contributed by atoms with Gasteiger partial charge in [-0.2, -0.15) is 13.2 Å². The molecule has 0 saturated heterocycles. The van der Waals surface area contributed by atoms with Crippen molar-refractivity contribution in [3.63, 3.8) is 0 Å². The summed E-state index contributed by atoms with van der Waals surface area (Å²) in [5.74, 6) is 0.0253. The van der Waals surface area contributed by atoms with Crippen LogP contribution in [0.4, 0.5) is 13.2 Å². The minimum Gasteiger partial charge on any atom is -0.492 e. The predicted molar refractivity (Wildman–Crippen MR) is 52.7 cm³/mol. The Hall–Kier alpha value is -1.30. The zero-order chi connectivity index (χ0) is 12.3. The lowest BCUT2D eigenvalue weighted by molar-refractivity contribution is -0.141. The van der Waals surface area contributed by atoms with Crippen molar-refractivity contribution < 1.29 is 17.9 Å². The number of aromatic nitrogens is 2. The van der Waals surface area contributed by atoms with Crippen molar-refractivity contribution >= 4 is 17.4 Å². The maximum absolute atomic E-state index is 12.4. The molecule has 0 spiro atoms. The summed E-state index contributed by atoms with van der Waals surface area (Å²) in [6.07, 6.45) is -4.58. The minimum absolute atomic E-state index is 0.0253. The van der Waals surface area contributed by atoms with E-state index in [1.807, 2.05) is 0 Å². The average molecular weight is 253 g/mol. The zero-order valence-corrected chi connectivity index (χ0v) is 9.06. The van der Waals surface area contributed by atoms with E-state index >= 15 is 0 Å². The summed E-state index contributed by atoms with van der Waals surface area (Å²) >= 11 is 5.38. The van der Waals surface area contributed by atoms with Crippen LogP contribution >= 0.6 is 11.6 Å². The molecule has 0 radical (unpaired) electrons. The molecule has 1 heterocycles. The van der Waals surface area contributed by atoms with Crippen LogP contribution in [-0.2, 0) is 10.9 Å². The maximum Gasteiger partial charge on any atom is 0.433 e. The van der Waals surface area contributed by atoms with Gasteiger partial charge in [0, 0.05) is 0 Å².